The third kappa shape index (κ3) is 6.75. The number of unbranched alkanes of at least 4 members (excludes halogenated alkanes) is 1. The van der Waals surface area contributed by atoms with E-state index in [9.17, 15) is 4.79 Å². The van der Waals surface area contributed by atoms with Crippen molar-refractivity contribution in [2.24, 2.45) is 0 Å². The Morgan fingerprint density at radius 2 is 2.04 bits per heavy atom. The van der Waals surface area contributed by atoms with Crippen LogP contribution in [0.4, 0.5) is 0 Å². The fourth-order valence-corrected chi connectivity index (χ4v) is 2.86. The van der Waals surface area contributed by atoms with Gasteiger partial charge in [-0.3, -0.25) is 4.79 Å². The molecule has 0 spiro atoms. The van der Waals surface area contributed by atoms with Crippen molar-refractivity contribution < 1.29 is 9.53 Å². The van der Waals surface area contributed by atoms with Crippen LogP contribution in [0.15, 0.2) is 30.3 Å². The van der Waals surface area contributed by atoms with Crippen molar-refractivity contribution in [1.82, 2.24) is 10.2 Å². The molecule has 0 aromatic heterocycles. The van der Waals surface area contributed by atoms with Gasteiger partial charge in [0.25, 0.3) is 0 Å². The number of rotatable bonds is 10. The fourth-order valence-electron chi connectivity index (χ4n) is 2.86. The van der Waals surface area contributed by atoms with Crippen LogP contribution < -0.4 is 10.1 Å². The average molecular weight is 330 g/mol. The van der Waals surface area contributed by atoms with Crippen LogP contribution in [0.2, 0.25) is 0 Å². The van der Waals surface area contributed by atoms with Crippen molar-refractivity contribution in [1.29, 1.82) is 0 Å². The maximum atomic E-state index is 11.9. The molecule has 0 atom stereocenters. The van der Waals surface area contributed by atoms with Crippen molar-refractivity contribution in [2.45, 2.75) is 39.0 Å². The van der Waals surface area contributed by atoms with Gasteiger partial charge in [0.15, 0.2) is 0 Å². The fraction of sp³-hybridized carbons (Fsp3) is 0.550. The molecule has 0 saturated carbocycles. The molecule has 1 heterocycles. The Bertz CT molecular complexity index is 522. The molecule has 4 heteroatoms. The van der Waals surface area contributed by atoms with E-state index in [0.717, 1.165) is 43.7 Å². The van der Waals surface area contributed by atoms with Crippen LogP contribution in [-0.4, -0.2) is 43.6 Å². The highest BCUT2D eigenvalue weighted by Crippen LogP contribution is 2.19. The largest absolute Gasteiger partial charge is 0.493 e. The molecule has 1 N–H and O–H groups in total. The summed E-state index contributed by atoms with van der Waals surface area (Å²) < 4.78 is 5.69. The summed E-state index contributed by atoms with van der Waals surface area (Å²) in [4.78, 5) is 14.4. The molecule has 2 rings (SSSR count). The molecular weight excluding hydrogens is 300 g/mol. The molecule has 0 bridgehead atoms. The highest BCUT2D eigenvalue weighted by molar-refractivity contribution is 5.92. The first-order valence-corrected chi connectivity index (χ1v) is 9.19. The summed E-state index contributed by atoms with van der Waals surface area (Å²) in [5.41, 5.74) is 0.940. The molecule has 1 aliphatic heterocycles. The monoisotopic (exact) mass is 330 g/mol. The molecule has 0 radical (unpaired) electrons. The Morgan fingerprint density at radius 3 is 2.83 bits per heavy atom. The third-order valence-corrected chi connectivity index (χ3v) is 4.19. The van der Waals surface area contributed by atoms with Crippen molar-refractivity contribution in [3.05, 3.63) is 35.9 Å². The molecule has 1 fully saturated rings. The summed E-state index contributed by atoms with van der Waals surface area (Å²) in [6, 6.07) is 7.80. The number of benzene rings is 1. The summed E-state index contributed by atoms with van der Waals surface area (Å²) >= 11 is 0. The maximum absolute atomic E-state index is 11.9. The molecule has 0 unspecified atom stereocenters. The molecule has 1 saturated heterocycles. The molecular formula is C20H30N2O2. The topological polar surface area (TPSA) is 41.6 Å². The van der Waals surface area contributed by atoms with Crippen LogP contribution in [0, 0.1) is 0 Å². The Morgan fingerprint density at radius 1 is 1.25 bits per heavy atom. The number of likely N-dealkylation sites (tertiary alicyclic amines) is 1. The maximum Gasteiger partial charge on any atom is 0.244 e. The third-order valence-electron chi connectivity index (χ3n) is 4.19. The average Bonchev–Trinajstić information content (AvgIpc) is 3.12. The van der Waals surface area contributed by atoms with Crippen LogP contribution in [0.1, 0.15) is 44.6 Å². The summed E-state index contributed by atoms with van der Waals surface area (Å²) in [6.07, 6.45) is 9.25. The van der Waals surface area contributed by atoms with E-state index >= 15 is 0 Å². The normalized spacial score (nSPS) is 15.0. The summed E-state index contributed by atoms with van der Waals surface area (Å²) in [5.74, 6) is 0.787. The van der Waals surface area contributed by atoms with Gasteiger partial charge in [-0.25, -0.2) is 0 Å². The van der Waals surface area contributed by atoms with Gasteiger partial charge in [-0.15, -0.1) is 0 Å². The van der Waals surface area contributed by atoms with Gasteiger partial charge in [0, 0.05) is 18.2 Å². The lowest BCUT2D eigenvalue weighted by Crippen LogP contribution is -2.24. The van der Waals surface area contributed by atoms with Crippen molar-refractivity contribution in [2.75, 3.05) is 32.8 Å². The van der Waals surface area contributed by atoms with Crippen molar-refractivity contribution in [3.63, 3.8) is 0 Å². The van der Waals surface area contributed by atoms with E-state index in [0.29, 0.717) is 6.61 Å². The second-order valence-electron chi connectivity index (χ2n) is 6.27. The second-order valence-corrected chi connectivity index (χ2v) is 6.27. The van der Waals surface area contributed by atoms with Gasteiger partial charge in [-0.2, -0.15) is 0 Å². The number of ether oxygens (including phenoxy) is 1. The predicted octanol–water partition coefficient (Wildman–Crippen LogP) is 3.48. The molecule has 24 heavy (non-hydrogen) atoms. The molecule has 132 valence electrons. The zero-order chi connectivity index (χ0) is 17.0. The van der Waals surface area contributed by atoms with Gasteiger partial charge >= 0.3 is 0 Å². The minimum absolute atomic E-state index is 0.0403. The standard InChI is InChI=1S/C20H30N2O2/c1-2-17-24-19-10-4-3-9-18(19)11-12-20(23)21-13-5-6-14-22-15-7-8-16-22/h3-4,9-12H,2,5-8,13-17H2,1H3,(H,21,23)/b12-11+. The van der Waals surface area contributed by atoms with Crippen LogP contribution in [0.5, 0.6) is 5.75 Å². The zero-order valence-electron chi connectivity index (χ0n) is 14.8. The minimum Gasteiger partial charge on any atom is -0.493 e. The smallest absolute Gasteiger partial charge is 0.244 e. The Kier molecular flexibility index (Phi) is 8.39. The SMILES string of the molecule is CCCOc1ccccc1/C=C/C(=O)NCCCCN1CCCC1. The number of hydrogen-bond acceptors (Lipinski definition) is 3. The first kappa shape index (κ1) is 18.5. The Hall–Kier alpha value is -1.81. The predicted molar refractivity (Wildman–Crippen MR) is 99.2 cm³/mol. The van der Waals surface area contributed by atoms with E-state index in [-0.39, 0.29) is 5.91 Å². The minimum atomic E-state index is -0.0403. The number of carbonyl (C=O) groups excluding carboxylic acids is 1. The molecule has 1 aromatic rings. The van der Waals surface area contributed by atoms with E-state index in [1.165, 1.54) is 25.9 Å². The lowest BCUT2D eigenvalue weighted by Gasteiger charge is -2.13. The number of nitrogens with one attached hydrogen (secondary N) is 1. The van der Waals surface area contributed by atoms with Crippen LogP contribution in [0.3, 0.4) is 0 Å². The number of para-hydroxylation sites is 1. The van der Waals surface area contributed by atoms with Gasteiger partial charge in [-0.05, 0) is 63.9 Å². The zero-order valence-corrected chi connectivity index (χ0v) is 14.8. The molecule has 1 amide bonds. The van der Waals surface area contributed by atoms with Crippen molar-refractivity contribution in [3.8, 4) is 5.75 Å². The molecule has 0 aliphatic carbocycles. The van der Waals surface area contributed by atoms with E-state index in [1.807, 2.05) is 30.3 Å². The summed E-state index contributed by atoms with van der Waals surface area (Å²) in [5, 5.41) is 2.96. The molecule has 1 aromatic carbocycles. The van der Waals surface area contributed by atoms with E-state index in [4.69, 9.17) is 4.74 Å². The van der Waals surface area contributed by atoms with Gasteiger partial charge in [0.2, 0.25) is 5.91 Å². The number of amides is 1. The van der Waals surface area contributed by atoms with Crippen molar-refractivity contribution >= 4 is 12.0 Å². The number of nitrogens with zero attached hydrogens (tertiary/aromatic N) is 1. The Labute approximate surface area is 145 Å². The Balaban J connectivity index is 1.66. The van der Waals surface area contributed by atoms with E-state index in [2.05, 4.69) is 17.1 Å². The van der Waals surface area contributed by atoms with Gasteiger partial charge in [-0.1, -0.05) is 25.1 Å². The van der Waals surface area contributed by atoms with E-state index < -0.39 is 0 Å². The van der Waals surface area contributed by atoms with E-state index in [1.54, 1.807) is 6.08 Å². The summed E-state index contributed by atoms with van der Waals surface area (Å²) in [7, 11) is 0. The first-order chi connectivity index (χ1) is 11.8. The first-order valence-electron chi connectivity index (χ1n) is 9.19. The van der Waals surface area contributed by atoms with Crippen LogP contribution >= 0.6 is 0 Å². The second kappa shape index (κ2) is 10.9. The van der Waals surface area contributed by atoms with Crippen LogP contribution in [0.25, 0.3) is 6.08 Å². The number of hydrogen-bond donors (Lipinski definition) is 1. The lowest BCUT2D eigenvalue weighted by molar-refractivity contribution is -0.116. The quantitative estimate of drug-likeness (QED) is 0.527. The lowest BCUT2D eigenvalue weighted by atomic mass is 10.2. The number of carbonyl (C=O) groups is 1. The highest BCUT2D eigenvalue weighted by Gasteiger charge is 2.10. The molecule has 1 aliphatic rings. The molecule has 4 nitrogen and oxygen atoms in total. The van der Waals surface area contributed by atoms with Gasteiger partial charge < -0.3 is 15.0 Å². The van der Waals surface area contributed by atoms with Gasteiger partial charge in [0.05, 0.1) is 6.61 Å². The summed E-state index contributed by atoms with van der Waals surface area (Å²) in [6.45, 7) is 7.16. The van der Waals surface area contributed by atoms with Crippen LogP contribution in [-0.2, 0) is 4.79 Å². The van der Waals surface area contributed by atoms with Gasteiger partial charge in [0.1, 0.15) is 5.75 Å². The highest BCUT2D eigenvalue weighted by atomic mass is 16.5.